The number of imidazole rings is 1. The average Bonchev–Trinajstić information content (AvgIpc) is 2.76. The summed E-state index contributed by atoms with van der Waals surface area (Å²) in [6.45, 7) is 2.92. The molecule has 0 aliphatic rings. The number of nitrogen functional groups attached to an aromatic ring is 1. The summed E-state index contributed by atoms with van der Waals surface area (Å²) in [4.78, 5) is 4.38. The lowest BCUT2D eigenvalue weighted by Crippen LogP contribution is -2.04. The van der Waals surface area contributed by atoms with Gasteiger partial charge in [-0.2, -0.15) is 0 Å². The van der Waals surface area contributed by atoms with Crippen molar-refractivity contribution < 1.29 is 0 Å². The van der Waals surface area contributed by atoms with Gasteiger partial charge >= 0.3 is 0 Å². The molecule has 0 aliphatic carbocycles. The molecule has 0 spiro atoms. The molecule has 0 bridgehead atoms. The summed E-state index contributed by atoms with van der Waals surface area (Å²) in [6.07, 6.45) is 1.07. The van der Waals surface area contributed by atoms with Crippen LogP contribution in [0.15, 0.2) is 48.5 Å². The number of aryl methyl sites for hydroxylation is 1. The van der Waals surface area contributed by atoms with E-state index in [4.69, 9.17) is 5.73 Å². The van der Waals surface area contributed by atoms with Crippen LogP contribution < -0.4 is 5.73 Å². The second-order valence-corrected chi connectivity index (χ2v) is 4.71. The van der Waals surface area contributed by atoms with Crippen LogP contribution in [0.3, 0.4) is 0 Å². The van der Waals surface area contributed by atoms with Gasteiger partial charge in [0.2, 0.25) is 5.95 Å². The number of hydrogen-bond acceptors (Lipinski definition) is 2. The van der Waals surface area contributed by atoms with Gasteiger partial charge in [0.25, 0.3) is 0 Å². The highest BCUT2D eigenvalue weighted by Gasteiger charge is 2.07. The van der Waals surface area contributed by atoms with Gasteiger partial charge < -0.3 is 10.3 Å². The SMILES string of the molecule is CCc1ccc(Cn2c(N)nc3ccccc32)cc1. The van der Waals surface area contributed by atoms with E-state index in [-0.39, 0.29) is 0 Å². The summed E-state index contributed by atoms with van der Waals surface area (Å²) in [6, 6.07) is 16.7. The van der Waals surface area contributed by atoms with Gasteiger partial charge in [0.05, 0.1) is 17.6 Å². The van der Waals surface area contributed by atoms with E-state index in [9.17, 15) is 0 Å². The summed E-state index contributed by atoms with van der Waals surface area (Å²) >= 11 is 0. The molecular formula is C16H17N3. The first-order valence-electron chi connectivity index (χ1n) is 6.56. The van der Waals surface area contributed by atoms with E-state index in [1.54, 1.807) is 0 Å². The molecule has 0 amide bonds. The highest BCUT2D eigenvalue weighted by Crippen LogP contribution is 2.19. The fourth-order valence-corrected chi connectivity index (χ4v) is 2.32. The summed E-state index contributed by atoms with van der Waals surface area (Å²) < 4.78 is 2.05. The maximum atomic E-state index is 6.01. The first-order chi connectivity index (χ1) is 9.28. The predicted octanol–water partition coefficient (Wildman–Crippen LogP) is 3.23. The largest absolute Gasteiger partial charge is 0.369 e. The normalized spacial score (nSPS) is 11.0. The van der Waals surface area contributed by atoms with E-state index in [0.717, 1.165) is 24.0 Å². The summed E-state index contributed by atoms with van der Waals surface area (Å²) in [5.41, 5.74) is 10.6. The van der Waals surface area contributed by atoms with Crippen molar-refractivity contribution in [3.8, 4) is 0 Å². The molecule has 3 nitrogen and oxygen atoms in total. The number of anilines is 1. The Balaban J connectivity index is 1.98. The Kier molecular flexibility index (Phi) is 2.95. The van der Waals surface area contributed by atoms with Crippen LogP contribution >= 0.6 is 0 Å². The number of fused-ring (bicyclic) bond motifs is 1. The van der Waals surface area contributed by atoms with E-state index in [1.165, 1.54) is 11.1 Å². The van der Waals surface area contributed by atoms with E-state index in [1.807, 2.05) is 18.2 Å². The molecule has 1 heterocycles. The smallest absolute Gasteiger partial charge is 0.201 e. The van der Waals surface area contributed by atoms with Crippen molar-refractivity contribution in [1.82, 2.24) is 9.55 Å². The van der Waals surface area contributed by atoms with Gasteiger partial charge in [-0.3, -0.25) is 0 Å². The third kappa shape index (κ3) is 2.19. The highest BCUT2D eigenvalue weighted by molar-refractivity contribution is 5.78. The number of para-hydroxylation sites is 2. The molecule has 0 aliphatic heterocycles. The molecule has 0 radical (unpaired) electrons. The van der Waals surface area contributed by atoms with E-state index >= 15 is 0 Å². The number of rotatable bonds is 3. The maximum Gasteiger partial charge on any atom is 0.201 e. The highest BCUT2D eigenvalue weighted by atomic mass is 15.1. The Morgan fingerprint density at radius 3 is 2.42 bits per heavy atom. The van der Waals surface area contributed by atoms with Crippen LogP contribution in [0.25, 0.3) is 11.0 Å². The molecule has 0 atom stereocenters. The molecule has 3 rings (SSSR count). The van der Waals surface area contributed by atoms with Crippen LogP contribution in [0.4, 0.5) is 5.95 Å². The molecule has 2 aromatic carbocycles. The minimum absolute atomic E-state index is 0.570. The Hall–Kier alpha value is -2.29. The zero-order chi connectivity index (χ0) is 13.2. The zero-order valence-electron chi connectivity index (χ0n) is 11.0. The molecule has 0 saturated carbocycles. The van der Waals surface area contributed by atoms with Crippen LogP contribution in [0.5, 0.6) is 0 Å². The fourth-order valence-electron chi connectivity index (χ4n) is 2.32. The molecule has 3 heteroatoms. The van der Waals surface area contributed by atoms with Crippen molar-refractivity contribution in [3.05, 3.63) is 59.7 Å². The Morgan fingerprint density at radius 2 is 1.68 bits per heavy atom. The summed E-state index contributed by atoms with van der Waals surface area (Å²) in [7, 11) is 0. The summed E-state index contributed by atoms with van der Waals surface area (Å²) in [5, 5.41) is 0. The van der Waals surface area contributed by atoms with Crippen LogP contribution in [-0.4, -0.2) is 9.55 Å². The van der Waals surface area contributed by atoms with E-state index in [0.29, 0.717) is 5.95 Å². The average molecular weight is 251 g/mol. The van der Waals surface area contributed by atoms with Crippen LogP contribution in [0.2, 0.25) is 0 Å². The molecule has 0 fully saturated rings. The molecule has 19 heavy (non-hydrogen) atoms. The first kappa shape index (κ1) is 11.8. The number of nitrogens with zero attached hydrogens (tertiary/aromatic N) is 2. The van der Waals surface area contributed by atoms with Gasteiger partial charge in [-0.1, -0.05) is 43.3 Å². The molecule has 0 unspecified atom stereocenters. The fraction of sp³-hybridized carbons (Fsp3) is 0.188. The Bertz CT molecular complexity index is 696. The minimum atomic E-state index is 0.570. The maximum absolute atomic E-state index is 6.01. The lowest BCUT2D eigenvalue weighted by molar-refractivity contribution is 0.837. The Morgan fingerprint density at radius 1 is 1.00 bits per heavy atom. The van der Waals surface area contributed by atoms with Crippen molar-refractivity contribution >= 4 is 17.0 Å². The lowest BCUT2D eigenvalue weighted by atomic mass is 10.1. The van der Waals surface area contributed by atoms with E-state index in [2.05, 4.69) is 46.8 Å². The van der Waals surface area contributed by atoms with Crippen LogP contribution in [0, 0.1) is 0 Å². The van der Waals surface area contributed by atoms with Gasteiger partial charge in [0.15, 0.2) is 0 Å². The van der Waals surface area contributed by atoms with Crippen LogP contribution in [-0.2, 0) is 13.0 Å². The van der Waals surface area contributed by atoms with Gasteiger partial charge in [-0.25, -0.2) is 4.98 Å². The molecule has 3 aromatic rings. The molecular weight excluding hydrogens is 234 g/mol. The number of aromatic nitrogens is 2. The van der Waals surface area contributed by atoms with Crippen molar-refractivity contribution in [2.45, 2.75) is 19.9 Å². The third-order valence-electron chi connectivity index (χ3n) is 3.46. The van der Waals surface area contributed by atoms with Crippen molar-refractivity contribution in [3.63, 3.8) is 0 Å². The lowest BCUT2D eigenvalue weighted by Gasteiger charge is -2.07. The van der Waals surface area contributed by atoms with Crippen LogP contribution in [0.1, 0.15) is 18.1 Å². The monoisotopic (exact) mass is 251 g/mol. The second kappa shape index (κ2) is 4.76. The Labute approximate surface area is 112 Å². The zero-order valence-corrected chi connectivity index (χ0v) is 11.0. The number of nitrogens with two attached hydrogens (primary N) is 1. The first-order valence-corrected chi connectivity index (χ1v) is 6.56. The molecule has 1 aromatic heterocycles. The van der Waals surface area contributed by atoms with Gasteiger partial charge in [-0.05, 0) is 29.7 Å². The predicted molar refractivity (Wildman–Crippen MR) is 79.1 cm³/mol. The minimum Gasteiger partial charge on any atom is -0.369 e. The standard InChI is InChI=1S/C16H17N3/c1-2-12-7-9-13(10-8-12)11-19-15-6-4-3-5-14(15)18-16(19)17/h3-10H,2,11H2,1H3,(H2,17,18). The van der Waals surface area contributed by atoms with E-state index < -0.39 is 0 Å². The number of hydrogen-bond donors (Lipinski definition) is 1. The number of benzene rings is 2. The van der Waals surface area contributed by atoms with Gasteiger partial charge in [0, 0.05) is 0 Å². The molecule has 96 valence electrons. The van der Waals surface area contributed by atoms with Gasteiger partial charge in [-0.15, -0.1) is 0 Å². The molecule has 0 saturated heterocycles. The molecule has 2 N–H and O–H groups in total. The quantitative estimate of drug-likeness (QED) is 0.776. The summed E-state index contributed by atoms with van der Waals surface area (Å²) in [5.74, 6) is 0.570. The van der Waals surface area contributed by atoms with Crippen molar-refractivity contribution in [2.24, 2.45) is 0 Å². The third-order valence-corrected chi connectivity index (χ3v) is 3.46. The topological polar surface area (TPSA) is 43.8 Å². The van der Waals surface area contributed by atoms with Crippen molar-refractivity contribution in [1.29, 1.82) is 0 Å². The van der Waals surface area contributed by atoms with Crippen molar-refractivity contribution in [2.75, 3.05) is 5.73 Å². The second-order valence-electron chi connectivity index (χ2n) is 4.71. The van der Waals surface area contributed by atoms with Gasteiger partial charge in [0.1, 0.15) is 0 Å².